The molecular formula is C20H26N4O5. The Morgan fingerprint density at radius 3 is 2.62 bits per heavy atom. The van der Waals surface area contributed by atoms with Crippen molar-refractivity contribution < 1.29 is 18.9 Å². The predicted molar refractivity (Wildman–Crippen MR) is 106 cm³/mol. The Morgan fingerprint density at radius 2 is 2.00 bits per heavy atom. The minimum atomic E-state index is -0.541. The Bertz CT molecular complexity index is 879. The van der Waals surface area contributed by atoms with Crippen LogP contribution in [-0.2, 0) is 6.54 Å². The molecule has 0 saturated heterocycles. The van der Waals surface area contributed by atoms with Gasteiger partial charge in [0.2, 0.25) is 5.89 Å². The molecule has 0 aliphatic rings. The summed E-state index contributed by atoms with van der Waals surface area (Å²) in [4.78, 5) is 41.4. The van der Waals surface area contributed by atoms with Gasteiger partial charge in [0.1, 0.15) is 6.26 Å². The molecule has 0 aliphatic carbocycles. The number of nitrogens with zero attached hydrogens (tertiary/aromatic N) is 3. The molecule has 0 fully saturated rings. The van der Waals surface area contributed by atoms with Gasteiger partial charge in [-0.2, -0.15) is 0 Å². The van der Waals surface area contributed by atoms with Crippen LogP contribution in [0.4, 0.5) is 5.69 Å². The first kappa shape index (κ1) is 22.1. The van der Waals surface area contributed by atoms with Gasteiger partial charge in [0.05, 0.1) is 11.5 Å². The lowest BCUT2D eigenvalue weighted by Gasteiger charge is -2.27. The van der Waals surface area contributed by atoms with Gasteiger partial charge in [0.25, 0.3) is 17.5 Å². The summed E-state index contributed by atoms with van der Waals surface area (Å²) in [5, 5.41) is 13.8. The fraction of sp³-hybridized carbons (Fsp3) is 0.450. The van der Waals surface area contributed by atoms with Crippen molar-refractivity contribution in [3.05, 3.63) is 57.8 Å². The average molecular weight is 402 g/mol. The number of benzene rings is 1. The Labute approximate surface area is 169 Å². The lowest BCUT2D eigenvalue weighted by Crippen LogP contribution is -2.38. The van der Waals surface area contributed by atoms with E-state index in [0.29, 0.717) is 6.42 Å². The number of nitro groups is 1. The second-order valence-electron chi connectivity index (χ2n) is 6.91. The number of hydrogen-bond acceptors (Lipinski definition) is 6. The number of nitrogens with one attached hydrogen (secondary N) is 1. The first-order chi connectivity index (χ1) is 13.8. The standard InChI is InChI=1S/C20H26N4O5/c1-5-13(3)21-19(25)17-12-29-18(22-17)11-23(14(4)6-2)20(26)15-8-7-9-16(10-15)24(27)28/h7-10,12-14H,5-6,11H2,1-4H3,(H,21,25)/t13-,14-/m1/s1. The maximum absolute atomic E-state index is 13.0. The number of aromatic nitrogens is 1. The zero-order valence-corrected chi connectivity index (χ0v) is 17.0. The summed E-state index contributed by atoms with van der Waals surface area (Å²) >= 11 is 0. The van der Waals surface area contributed by atoms with E-state index in [1.54, 1.807) is 0 Å². The predicted octanol–water partition coefficient (Wildman–Crippen LogP) is 3.55. The van der Waals surface area contributed by atoms with Gasteiger partial charge in [-0.15, -0.1) is 0 Å². The number of carbonyl (C=O) groups excluding carboxylic acids is 2. The van der Waals surface area contributed by atoms with Crippen LogP contribution in [0.25, 0.3) is 0 Å². The Hall–Kier alpha value is -3.23. The van der Waals surface area contributed by atoms with Crippen LogP contribution < -0.4 is 5.32 Å². The highest BCUT2D eigenvalue weighted by atomic mass is 16.6. The quantitative estimate of drug-likeness (QED) is 0.506. The molecule has 1 aromatic carbocycles. The molecule has 1 N–H and O–H groups in total. The van der Waals surface area contributed by atoms with Crippen LogP contribution in [0.2, 0.25) is 0 Å². The van der Waals surface area contributed by atoms with Gasteiger partial charge in [-0.1, -0.05) is 19.9 Å². The lowest BCUT2D eigenvalue weighted by molar-refractivity contribution is -0.384. The van der Waals surface area contributed by atoms with Gasteiger partial charge in [-0.25, -0.2) is 4.98 Å². The molecule has 2 rings (SSSR count). The number of oxazole rings is 1. The highest BCUT2D eigenvalue weighted by molar-refractivity contribution is 5.95. The Balaban J connectivity index is 2.22. The van der Waals surface area contributed by atoms with Crippen LogP contribution in [0, 0.1) is 10.1 Å². The summed E-state index contributed by atoms with van der Waals surface area (Å²) in [6.45, 7) is 7.70. The molecule has 9 heteroatoms. The van der Waals surface area contributed by atoms with Crippen molar-refractivity contribution in [2.24, 2.45) is 0 Å². The van der Waals surface area contributed by atoms with Crippen LogP contribution in [0.3, 0.4) is 0 Å². The molecule has 2 atom stereocenters. The largest absolute Gasteiger partial charge is 0.446 e. The summed E-state index contributed by atoms with van der Waals surface area (Å²) < 4.78 is 5.40. The second kappa shape index (κ2) is 9.81. The molecule has 0 spiro atoms. The number of carbonyl (C=O) groups is 2. The molecule has 0 bridgehead atoms. The van der Waals surface area contributed by atoms with Crippen LogP contribution in [-0.4, -0.2) is 38.7 Å². The van der Waals surface area contributed by atoms with Gasteiger partial charge in [0.15, 0.2) is 5.69 Å². The van der Waals surface area contributed by atoms with E-state index < -0.39 is 4.92 Å². The third kappa shape index (κ3) is 5.63. The topological polar surface area (TPSA) is 119 Å². The van der Waals surface area contributed by atoms with Crippen molar-refractivity contribution in [1.29, 1.82) is 0 Å². The summed E-state index contributed by atoms with van der Waals surface area (Å²) in [6, 6.07) is 5.44. The maximum Gasteiger partial charge on any atom is 0.273 e. The van der Waals surface area contributed by atoms with Crippen molar-refractivity contribution in [2.45, 2.75) is 59.2 Å². The van der Waals surface area contributed by atoms with E-state index in [-0.39, 0.29) is 53.3 Å². The zero-order valence-electron chi connectivity index (χ0n) is 17.0. The fourth-order valence-corrected chi connectivity index (χ4v) is 2.60. The van der Waals surface area contributed by atoms with Gasteiger partial charge >= 0.3 is 0 Å². The number of nitro benzene ring substituents is 1. The molecule has 156 valence electrons. The summed E-state index contributed by atoms with van der Waals surface area (Å²) in [5.74, 6) is -0.486. The van der Waals surface area contributed by atoms with E-state index in [4.69, 9.17) is 4.42 Å². The molecule has 1 heterocycles. The van der Waals surface area contributed by atoms with Crippen LogP contribution in [0.1, 0.15) is 67.3 Å². The molecule has 2 amide bonds. The number of hydrogen-bond donors (Lipinski definition) is 1. The SMILES string of the molecule is CC[C@@H](C)NC(=O)c1coc(CN(C(=O)c2cccc([N+](=O)[O-])c2)[C@H](C)CC)n1. The van der Waals surface area contributed by atoms with Crippen LogP contribution in [0.15, 0.2) is 34.9 Å². The van der Waals surface area contributed by atoms with Crippen molar-refractivity contribution in [2.75, 3.05) is 0 Å². The minimum Gasteiger partial charge on any atom is -0.446 e. The van der Waals surface area contributed by atoms with Crippen molar-refractivity contribution in [3.63, 3.8) is 0 Å². The molecule has 0 aliphatic heterocycles. The average Bonchev–Trinajstić information content (AvgIpc) is 3.19. The highest BCUT2D eigenvalue weighted by Crippen LogP contribution is 2.19. The van der Waals surface area contributed by atoms with Crippen molar-refractivity contribution in [1.82, 2.24) is 15.2 Å². The second-order valence-corrected chi connectivity index (χ2v) is 6.91. The maximum atomic E-state index is 13.0. The smallest absolute Gasteiger partial charge is 0.273 e. The monoisotopic (exact) mass is 402 g/mol. The summed E-state index contributed by atoms with van der Waals surface area (Å²) in [6.07, 6.45) is 2.72. The van der Waals surface area contributed by atoms with Crippen LogP contribution in [0.5, 0.6) is 0 Å². The van der Waals surface area contributed by atoms with E-state index in [0.717, 1.165) is 6.42 Å². The van der Waals surface area contributed by atoms with Gasteiger partial charge in [-0.3, -0.25) is 19.7 Å². The zero-order chi connectivity index (χ0) is 21.6. The Morgan fingerprint density at radius 1 is 1.28 bits per heavy atom. The van der Waals surface area contributed by atoms with E-state index in [1.165, 1.54) is 35.4 Å². The molecular weight excluding hydrogens is 376 g/mol. The van der Waals surface area contributed by atoms with Gasteiger partial charge in [0, 0.05) is 29.8 Å². The highest BCUT2D eigenvalue weighted by Gasteiger charge is 2.25. The molecule has 1 aromatic heterocycles. The summed E-state index contributed by atoms with van der Waals surface area (Å²) in [5.41, 5.74) is 0.202. The van der Waals surface area contributed by atoms with E-state index in [9.17, 15) is 19.7 Å². The molecule has 29 heavy (non-hydrogen) atoms. The van der Waals surface area contributed by atoms with E-state index in [1.807, 2.05) is 27.7 Å². The molecule has 9 nitrogen and oxygen atoms in total. The first-order valence-corrected chi connectivity index (χ1v) is 9.57. The first-order valence-electron chi connectivity index (χ1n) is 9.57. The third-order valence-corrected chi connectivity index (χ3v) is 4.77. The van der Waals surface area contributed by atoms with Crippen molar-refractivity contribution >= 4 is 17.5 Å². The van der Waals surface area contributed by atoms with Crippen molar-refractivity contribution in [3.8, 4) is 0 Å². The molecule has 2 aromatic rings. The van der Waals surface area contributed by atoms with Gasteiger partial charge < -0.3 is 14.6 Å². The number of non-ortho nitro benzene ring substituents is 1. The third-order valence-electron chi connectivity index (χ3n) is 4.77. The van der Waals surface area contributed by atoms with Crippen LogP contribution >= 0.6 is 0 Å². The van der Waals surface area contributed by atoms with E-state index >= 15 is 0 Å². The molecule has 0 unspecified atom stereocenters. The molecule has 0 radical (unpaired) electrons. The number of amides is 2. The summed E-state index contributed by atoms with van der Waals surface area (Å²) in [7, 11) is 0. The normalized spacial score (nSPS) is 12.8. The minimum absolute atomic E-state index is 0.00899. The molecule has 0 saturated carbocycles. The fourth-order valence-electron chi connectivity index (χ4n) is 2.60. The Kier molecular flexibility index (Phi) is 7.46. The van der Waals surface area contributed by atoms with E-state index in [2.05, 4.69) is 10.3 Å². The number of rotatable bonds is 9. The van der Waals surface area contributed by atoms with Gasteiger partial charge in [-0.05, 0) is 32.8 Å². The lowest BCUT2D eigenvalue weighted by atomic mass is 10.1.